The molecule has 0 unspecified atom stereocenters. The summed E-state index contributed by atoms with van der Waals surface area (Å²) in [5.41, 5.74) is 3.66. The minimum atomic E-state index is -3.34. The molecule has 0 spiro atoms. The molecule has 0 N–H and O–H groups in total. The van der Waals surface area contributed by atoms with Crippen molar-refractivity contribution >= 4 is 21.4 Å². The van der Waals surface area contributed by atoms with Crippen LogP contribution in [0.15, 0.2) is 77.7 Å². The molecule has 0 saturated heterocycles. The molecule has 24 heavy (non-hydrogen) atoms. The summed E-state index contributed by atoms with van der Waals surface area (Å²) in [5, 5.41) is 0.625. The van der Waals surface area contributed by atoms with Gasteiger partial charge in [-0.3, -0.25) is 0 Å². The second-order valence-corrected chi connectivity index (χ2v) is 8.19. The molecule has 0 aromatic heterocycles. The van der Waals surface area contributed by atoms with Crippen LogP contribution in [0.1, 0.15) is 11.1 Å². The van der Waals surface area contributed by atoms with Gasteiger partial charge in [0.2, 0.25) is 0 Å². The summed E-state index contributed by atoms with van der Waals surface area (Å²) in [6.45, 7) is 0. The Kier molecular flexibility index (Phi) is 4.74. The molecule has 0 bridgehead atoms. The lowest BCUT2D eigenvalue weighted by atomic mass is 10.0. The van der Waals surface area contributed by atoms with Crippen LogP contribution in [0.4, 0.5) is 0 Å². The Morgan fingerprint density at radius 3 is 2.12 bits per heavy atom. The lowest BCUT2D eigenvalue weighted by molar-refractivity contribution is 0.602. The topological polar surface area (TPSA) is 34.1 Å². The van der Waals surface area contributed by atoms with Crippen LogP contribution in [-0.2, 0) is 16.3 Å². The predicted octanol–water partition coefficient (Wildman–Crippen LogP) is 5.00. The van der Waals surface area contributed by atoms with Gasteiger partial charge < -0.3 is 0 Å². The number of hydrogen-bond donors (Lipinski definition) is 0. The van der Waals surface area contributed by atoms with Crippen molar-refractivity contribution in [3.05, 3.63) is 88.9 Å². The minimum absolute atomic E-state index is 0.346. The van der Waals surface area contributed by atoms with Crippen molar-refractivity contribution < 1.29 is 8.42 Å². The van der Waals surface area contributed by atoms with Gasteiger partial charge in [-0.2, -0.15) is 0 Å². The largest absolute Gasteiger partial charge is 0.224 e. The summed E-state index contributed by atoms with van der Waals surface area (Å²) in [6.07, 6.45) is 1.94. The van der Waals surface area contributed by atoms with E-state index in [4.69, 9.17) is 11.6 Å². The number of rotatable bonds is 4. The Morgan fingerprint density at radius 2 is 1.50 bits per heavy atom. The summed E-state index contributed by atoms with van der Waals surface area (Å²) in [6, 6.07) is 22.8. The zero-order valence-corrected chi connectivity index (χ0v) is 14.8. The van der Waals surface area contributed by atoms with Crippen LogP contribution < -0.4 is 0 Å². The van der Waals surface area contributed by atoms with Gasteiger partial charge in [0.15, 0.2) is 9.84 Å². The van der Waals surface area contributed by atoms with Gasteiger partial charge in [0.05, 0.1) is 4.90 Å². The highest BCUT2D eigenvalue weighted by Crippen LogP contribution is 2.30. The van der Waals surface area contributed by atoms with Gasteiger partial charge in [-0.1, -0.05) is 66.2 Å². The molecule has 3 rings (SSSR count). The van der Waals surface area contributed by atoms with Crippen LogP contribution in [0.5, 0.6) is 0 Å². The van der Waals surface area contributed by atoms with Gasteiger partial charge >= 0.3 is 0 Å². The Bertz CT molecular complexity index is 947. The number of benzene rings is 3. The molecule has 3 aromatic rings. The Morgan fingerprint density at radius 1 is 0.833 bits per heavy atom. The van der Waals surface area contributed by atoms with E-state index in [1.807, 2.05) is 54.6 Å². The fraction of sp³-hybridized carbons (Fsp3) is 0.100. The average molecular weight is 357 g/mol. The van der Waals surface area contributed by atoms with Crippen molar-refractivity contribution in [1.29, 1.82) is 0 Å². The summed E-state index contributed by atoms with van der Waals surface area (Å²) in [5.74, 6) is 0. The predicted molar refractivity (Wildman–Crippen MR) is 99.2 cm³/mol. The average Bonchev–Trinajstić information content (AvgIpc) is 2.56. The Hall–Kier alpha value is -2.10. The van der Waals surface area contributed by atoms with Crippen LogP contribution in [0.2, 0.25) is 5.02 Å². The summed E-state index contributed by atoms with van der Waals surface area (Å²) in [4.78, 5) is 0.346. The second-order valence-electron chi connectivity index (χ2n) is 5.77. The van der Waals surface area contributed by atoms with E-state index in [0.29, 0.717) is 21.9 Å². The SMILES string of the molecule is CS(=O)(=O)c1cc(Cc2ccccc2)ccc1-c1ccc(Cl)cc1. The molecular formula is C20H17ClO2S. The minimum Gasteiger partial charge on any atom is -0.224 e. The third kappa shape index (κ3) is 3.86. The quantitative estimate of drug-likeness (QED) is 0.659. The van der Waals surface area contributed by atoms with Gasteiger partial charge in [-0.15, -0.1) is 0 Å². The van der Waals surface area contributed by atoms with E-state index in [0.717, 1.165) is 16.7 Å². The fourth-order valence-electron chi connectivity index (χ4n) is 2.68. The molecule has 0 aliphatic rings. The fourth-order valence-corrected chi connectivity index (χ4v) is 3.76. The van der Waals surface area contributed by atoms with E-state index in [1.54, 1.807) is 18.2 Å². The van der Waals surface area contributed by atoms with Crippen molar-refractivity contribution in [3.63, 3.8) is 0 Å². The van der Waals surface area contributed by atoms with Crippen molar-refractivity contribution in [2.45, 2.75) is 11.3 Å². The van der Waals surface area contributed by atoms with Crippen LogP contribution in [0.25, 0.3) is 11.1 Å². The van der Waals surface area contributed by atoms with E-state index < -0.39 is 9.84 Å². The lowest BCUT2D eigenvalue weighted by Gasteiger charge is -2.11. The first-order valence-corrected chi connectivity index (χ1v) is 9.83. The number of sulfone groups is 1. The Labute approximate surface area is 147 Å². The van der Waals surface area contributed by atoms with Crippen molar-refractivity contribution in [2.75, 3.05) is 6.26 Å². The van der Waals surface area contributed by atoms with Crippen molar-refractivity contribution in [2.24, 2.45) is 0 Å². The van der Waals surface area contributed by atoms with Crippen LogP contribution in [0, 0.1) is 0 Å². The normalized spacial score (nSPS) is 11.4. The summed E-state index contributed by atoms with van der Waals surface area (Å²) in [7, 11) is -3.34. The molecule has 3 aromatic carbocycles. The zero-order valence-electron chi connectivity index (χ0n) is 13.2. The third-order valence-corrected chi connectivity index (χ3v) is 5.24. The lowest BCUT2D eigenvalue weighted by Crippen LogP contribution is -2.02. The molecule has 4 heteroatoms. The van der Waals surface area contributed by atoms with Gasteiger partial charge in [0, 0.05) is 16.8 Å². The molecular weight excluding hydrogens is 340 g/mol. The molecule has 0 saturated carbocycles. The Balaban J connectivity index is 2.06. The van der Waals surface area contributed by atoms with Gasteiger partial charge in [0.25, 0.3) is 0 Å². The van der Waals surface area contributed by atoms with E-state index in [2.05, 4.69) is 0 Å². The maximum Gasteiger partial charge on any atom is 0.176 e. The van der Waals surface area contributed by atoms with Crippen molar-refractivity contribution in [3.8, 4) is 11.1 Å². The molecule has 0 amide bonds. The molecule has 0 aliphatic heterocycles. The maximum absolute atomic E-state index is 12.3. The monoisotopic (exact) mass is 356 g/mol. The molecule has 0 heterocycles. The van der Waals surface area contributed by atoms with E-state index in [-0.39, 0.29) is 0 Å². The number of hydrogen-bond acceptors (Lipinski definition) is 2. The summed E-state index contributed by atoms with van der Waals surface area (Å²) >= 11 is 5.93. The number of halogens is 1. The first kappa shape index (κ1) is 16.7. The van der Waals surface area contributed by atoms with E-state index in [1.165, 1.54) is 6.26 Å². The molecule has 122 valence electrons. The highest BCUT2D eigenvalue weighted by molar-refractivity contribution is 7.90. The van der Waals surface area contributed by atoms with Crippen molar-refractivity contribution in [1.82, 2.24) is 0 Å². The molecule has 0 atom stereocenters. The van der Waals surface area contributed by atoms with Crippen LogP contribution in [-0.4, -0.2) is 14.7 Å². The van der Waals surface area contributed by atoms with Crippen LogP contribution >= 0.6 is 11.6 Å². The maximum atomic E-state index is 12.3. The highest BCUT2D eigenvalue weighted by atomic mass is 35.5. The summed E-state index contributed by atoms with van der Waals surface area (Å²) < 4.78 is 24.5. The van der Waals surface area contributed by atoms with Crippen LogP contribution in [0.3, 0.4) is 0 Å². The zero-order chi connectivity index (χ0) is 17.2. The third-order valence-electron chi connectivity index (χ3n) is 3.85. The highest BCUT2D eigenvalue weighted by Gasteiger charge is 2.15. The molecule has 0 radical (unpaired) electrons. The standard InChI is InChI=1S/C20H17ClO2S/c1-24(22,23)20-14-16(13-15-5-3-2-4-6-15)7-12-19(20)17-8-10-18(21)11-9-17/h2-12,14H,13H2,1H3. The molecule has 2 nitrogen and oxygen atoms in total. The smallest absolute Gasteiger partial charge is 0.176 e. The first-order valence-electron chi connectivity index (χ1n) is 7.56. The second kappa shape index (κ2) is 6.80. The molecule has 0 fully saturated rings. The van der Waals surface area contributed by atoms with E-state index >= 15 is 0 Å². The van der Waals surface area contributed by atoms with Gasteiger partial charge in [-0.25, -0.2) is 8.42 Å². The van der Waals surface area contributed by atoms with Gasteiger partial charge in [-0.05, 0) is 41.3 Å². The molecule has 0 aliphatic carbocycles. The van der Waals surface area contributed by atoms with Gasteiger partial charge in [0.1, 0.15) is 0 Å². The first-order chi connectivity index (χ1) is 11.4. The van der Waals surface area contributed by atoms with E-state index in [9.17, 15) is 8.42 Å².